The van der Waals surface area contributed by atoms with Crippen LogP contribution in [0, 0.1) is 5.13 Å². The Balaban J connectivity index is 1.61. The second kappa shape index (κ2) is 9.51. The number of Topliss-reactive ketones (excluding diaryl/α,β-unsaturated/α-hetero) is 1. The molecule has 0 unspecified atom stereocenters. The zero-order chi connectivity index (χ0) is 21.8. The standard InChI is InChI=1S/C20H22FN3O5S2/c21-18-12-22-19(30-18)11-17(25)20(23-24-6-9-28-10-7-24)14-1-3-15(4-2-14)31(26,27)16-5-8-29-13-16/h1-4,12,16H,5-11,13H2/b23-20+/t16-/m0/s1. The first-order valence-electron chi connectivity index (χ1n) is 9.90. The van der Waals surface area contributed by atoms with Gasteiger partial charge >= 0.3 is 0 Å². The highest BCUT2D eigenvalue weighted by Gasteiger charge is 2.31. The maximum atomic E-state index is 13.3. The van der Waals surface area contributed by atoms with Crippen molar-refractivity contribution in [1.82, 2.24) is 9.99 Å². The topological polar surface area (TPSA) is 98.2 Å². The predicted octanol–water partition coefficient (Wildman–Crippen LogP) is 1.69. The summed E-state index contributed by atoms with van der Waals surface area (Å²) in [6, 6.07) is 6.16. The van der Waals surface area contributed by atoms with Crippen molar-refractivity contribution in [3.05, 3.63) is 46.2 Å². The lowest BCUT2D eigenvalue weighted by atomic mass is 10.0. The highest BCUT2D eigenvalue weighted by Crippen LogP contribution is 2.23. The fraction of sp³-hybridized carbons (Fsp3) is 0.450. The highest BCUT2D eigenvalue weighted by molar-refractivity contribution is 7.92. The van der Waals surface area contributed by atoms with Crippen molar-refractivity contribution in [3.63, 3.8) is 0 Å². The van der Waals surface area contributed by atoms with Gasteiger partial charge < -0.3 is 9.47 Å². The summed E-state index contributed by atoms with van der Waals surface area (Å²) in [7, 11) is -3.50. The monoisotopic (exact) mass is 467 g/mol. The first kappa shape index (κ1) is 22.0. The van der Waals surface area contributed by atoms with E-state index in [1.807, 2.05) is 0 Å². The van der Waals surface area contributed by atoms with Crippen LogP contribution in [-0.4, -0.2) is 74.7 Å². The van der Waals surface area contributed by atoms with Crippen LogP contribution in [0.25, 0.3) is 0 Å². The Morgan fingerprint density at radius 1 is 1.19 bits per heavy atom. The smallest absolute Gasteiger partial charge is 0.196 e. The Hall–Kier alpha value is -2.21. The number of halogens is 1. The molecule has 1 aromatic carbocycles. The molecule has 0 saturated carbocycles. The third kappa shape index (κ3) is 5.17. The summed E-state index contributed by atoms with van der Waals surface area (Å²) in [6.07, 6.45) is 1.46. The Morgan fingerprint density at radius 2 is 1.94 bits per heavy atom. The number of hydrazone groups is 1. The second-order valence-electron chi connectivity index (χ2n) is 7.23. The SMILES string of the molecule is O=C(Cc1ncc(F)s1)/C(=N/N1CCOCC1)c1ccc(S(=O)(=O)[C@H]2CCOC2)cc1. The van der Waals surface area contributed by atoms with Crippen LogP contribution in [0.4, 0.5) is 4.39 Å². The van der Waals surface area contributed by atoms with Gasteiger partial charge in [0.15, 0.2) is 20.8 Å². The zero-order valence-electron chi connectivity index (χ0n) is 16.7. The van der Waals surface area contributed by atoms with E-state index >= 15 is 0 Å². The lowest BCUT2D eigenvalue weighted by Gasteiger charge is -2.25. The quantitative estimate of drug-likeness (QED) is 0.572. The number of hydrogen-bond acceptors (Lipinski definition) is 9. The molecule has 0 radical (unpaired) electrons. The van der Waals surface area contributed by atoms with E-state index in [0.717, 1.165) is 17.5 Å². The summed E-state index contributed by atoms with van der Waals surface area (Å²) < 4.78 is 49.4. The molecule has 2 aromatic rings. The summed E-state index contributed by atoms with van der Waals surface area (Å²) >= 11 is 0.816. The van der Waals surface area contributed by atoms with Crippen molar-refractivity contribution in [2.45, 2.75) is 23.0 Å². The minimum Gasteiger partial charge on any atom is -0.380 e. The Labute approximate surface area is 183 Å². The first-order chi connectivity index (χ1) is 14.9. The Morgan fingerprint density at radius 3 is 2.55 bits per heavy atom. The third-order valence-corrected chi connectivity index (χ3v) is 8.08. The van der Waals surface area contributed by atoms with Crippen LogP contribution in [0.1, 0.15) is 17.0 Å². The van der Waals surface area contributed by atoms with Crippen LogP contribution in [0.15, 0.2) is 40.5 Å². The summed E-state index contributed by atoms with van der Waals surface area (Å²) in [5, 5.41) is 5.61. The summed E-state index contributed by atoms with van der Waals surface area (Å²) in [5.41, 5.74) is 0.681. The van der Waals surface area contributed by atoms with E-state index in [0.29, 0.717) is 49.9 Å². The fourth-order valence-corrected chi connectivity index (χ4v) is 5.63. The van der Waals surface area contributed by atoms with Crippen molar-refractivity contribution >= 4 is 32.7 Å². The van der Waals surface area contributed by atoms with Crippen molar-refractivity contribution in [1.29, 1.82) is 0 Å². The Bertz CT molecular complexity index is 1060. The number of rotatable bonds is 7. The number of ether oxygens (including phenoxy) is 2. The molecule has 8 nitrogen and oxygen atoms in total. The maximum absolute atomic E-state index is 13.3. The maximum Gasteiger partial charge on any atom is 0.196 e. The number of sulfone groups is 1. The molecule has 166 valence electrons. The molecule has 2 fully saturated rings. The number of hydrogen-bond donors (Lipinski definition) is 0. The number of aromatic nitrogens is 1. The minimum atomic E-state index is -3.50. The number of carbonyl (C=O) groups is 1. The molecule has 0 N–H and O–H groups in total. The molecule has 0 bridgehead atoms. The summed E-state index contributed by atoms with van der Waals surface area (Å²) in [6.45, 7) is 2.71. The normalized spacial score (nSPS) is 20.2. The Kier molecular flexibility index (Phi) is 6.75. The average molecular weight is 468 g/mol. The molecule has 2 aliphatic heterocycles. The van der Waals surface area contributed by atoms with Gasteiger partial charge in [-0.25, -0.2) is 13.4 Å². The van der Waals surface area contributed by atoms with E-state index in [2.05, 4.69) is 10.1 Å². The molecule has 3 heterocycles. The largest absolute Gasteiger partial charge is 0.380 e. The molecule has 0 spiro atoms. The van der Waals surface area contributed by atoms with Crippen LogP contribution in [0.2, 0.25) is 0 Å². The number of ketones is 1. The van der Waals surface area contributed by atoms with Gasteiger partial charge in [0.05, 0.1) is 55.7 Å². The van der Waals surface area contributed by atoms with Crippen molar-refractivity contribution in [3.8, 4) is 0 Å². The average Bonchev–Trinajstić information content (AvgIpc) is 3.45. The number of thiazole rings is 1. The molecule has 2 aliphatic rings. The number of benzene rings is 1. The van der Waals surface area contributed by atoms with Gasteiger partial charge in [-0.05, 0) is 18.6 Å². The number of nitrogens with zero attached hydrogens (tertiary/aromatic N) is 3. The van der Waals surface area contributed by atoms with E-state index in [4.69, 9.17) is 9.47 Å². The molecule has 1 atom stereocenters. The van der Waals surface area contributed by atoms with Crippen molar-refractivity contribution < 1.29 is 27.1 Å². The van der Waals surface area contributed by atoms with Crippen LogP contribution in [0.3, 0.4) is 0 Å². The van der Waals surface area contributed by atoms with Crippen LogP contribution < -0.4 is 0 Å². The highest BCUT2D eigenvalue weighted by atomic mass is 32.2. The third-order valence-electron chi connectivity index (χ3n) is 5.11. The van der Waals surface area contributed by atoms with E-state index in [1.165, 1.54) is 12.1 Å². The van der Waals surface area contributed by atoms with Gasteiger partial charge in [-0.3, -0.25) is 9.80 Å². The van der Waals surface area contributed by atoms with Crippen molar-refractivity contribution in [2.75, 3.05) is 39.5 Å². The number of morpholine rings is 1. The van der Waals surface area contributed by atoms with Crippen LogP contribution in [-0.2, 0) is 30.5 Å². The van der Waals surface area contributed by atoms with Gasteiger partial charge in [0.1, 0.15) is 10.7 Å². The van der Waals surface area contributed by atoms with E-state index in [9.17, 15) is 17.6 Å². The lowest BCUT2D eigenvalue weighted by molar-refractivity contribution is -0.112. The first-order valence-corrected chi connectivity index (χ1v) is 12.3. The van der Waals surface area contributed by atoms with E-state index in [1.54, 1.807) is 17.1 Å². The van der Waals surface area contributed by atoms with E-state index < -0.39 is 20.2 Å². The summed E-state index contributed by atoms with van der Waals surface area (Å²) in [5.74, 6) is -0.319. The van der Waals surface area contributed by atoms with Gasteiger partial charge in [0.25, 0.3) is 0 Å². The minimum absolute atomic E-state index is 0.0861. The molecule has 31 heavy (non-hydrogen) atoms. The molecule has 1 aromatic heterocycles. The molecule has 2 saturated heterocycles. The molecular weight excluding hydrogens is 445 g/mol. The molecule has 0 amide bonds. The fourth-order valence-electron chi connectivity index (χ4n) is 3.41. The van der Waals surface area contributed by atoms with Crippen LogP contribution in [0.5, 0.6) is 0 Å². The van der Waals surface area contributed by atoms with Gasteiger partial charge in [0.2, 0.25) is 0 Å². The van der Waals surface area contributed by atoms with Gasteiger partial charge in [-0.1, -0.05) is 23.5 Å². The van der Waals surface area contributed by atoms with Gasteiger partial charge in [-0.2, -0.15) is 9.49 Å². The molecule has 0 aliphatic carbocycles. The van der Waals surface area contributed by atoms with E-state index in [-0.39, 0.29) is 29.4 Å². The van der Waals surface area contributed by atoms with Gasteiger partial charge in [0, 0.05) is 12.2 Å². The summed E-state index contributed by atoms with van der Waals surface area (Å²) in [4.78, 5) is 17.1. The molecular formula is C20H22FN3O5S2. The zero-order valence-corrected chi connectivity index (χ0v) is 18.3. The van der Waals surface area contributed by atoms with Gasteiger partial charge in [-0.15, -0.1) is 0 Å². The molecule has 4 rings (SSSR count). The van der Waals surface area contributed by atoms with Crippen LogP contribution >= 0.6 is 11.3 Å². The van der Waals surface area contributed by atoms with Crippen molar-refractivity contribution in [2.24, 2.45) is 5.10 Å². The molecule has 11 heteroatoms. The number of carbonyl (C=O) groups excluding carboxylic acids is 1. The predicted molar refractivity (Wildman–Crippen MR) is 113 cm³/mol. The lowest BCUT2D eigenvalue weighted by Crippen LogP contribution is -2.34. The second-order valence-corrected chi connectivity index (χ2v) is 10.5.